The monoisotopic (exact) mass is 284 g/mol. The zero-order valence-corrected chi connectivity index (χ0v) is 12.1. The Morgan fingerprint density at radius 1 is 1.30 bits per heavy atom. The van der Waals surface area contributed by atoms with Crippen molar-refractivity contribution in [1.29, 1.82) is 0 Å². The van der Waals surface area contributed by atoms with E-state index in [-0.39, 0.29) is 18.0 Å². The van der Waals surface area contributed by atoms with E-state index in [1.807, 2.05) is 13.8 Å². The summed E-state index contributed by atoms with van der Waals surface area (Å²) < 4.78 is 28.2. The van der Waals surface area contributed by atoms with E-state index in [1.165, 1.54) is 24.3 Å². The highest BCUT2D eigenvalue weighted by Gasteiger charge is 2.43. The van der Waals surface area contributed by atoms with E-state index >= 15 is 0 Å². The molecule has 1 rings (SSSR count). The van der Waals surface area contributed by atoms with Crippen LogP contribution in [0.25, 0.3) is 0 Å². The molecule has 0 aromatic heterocycles. The van der Waals surface area contributed by atoms with Gasteiger partial charge in [-0.2, -0.15) is 8.78 Å². The number of carbonyl (C=O) groups excluding carboxylic acids is 1. The van der Waals surface area contributed by atoms with Crippen LogP contribution in [0.3, 0.4) is 0 Å². The number of hydrogen-bond donors (Lipinski definition) is 2. The van der Waals surface area contributed by atoms with Crippen LogP contribution in [-0.2, 0) is 10.7 Å². The number of rotatable bonds is 6. The molecule has 5 heteroatoms. The maximum Gasteiger partial charge on any atom is 0.349 e. The molecular weight excluding hydrogens is 262 g/mol. The zero-order chi connectivity index (χ0) is 15.4. The van der Waals surface area contributed by atoms with Gasteiger partial charge in [-0.05, 0) is 19.3 Å². The molecule has 0 fully saturated rings. The van der Waals surface area contributed by atoms with Gasteiger partial charge in [-0.1, -0.05) is 44.2 Å². The van der Waals surface area contributed by atoms with Crippen LogP contribution < -0.4 is 11.1 Å². The quantitative estimate of drug-likeness (QED) is 0.844. The second kappa shape index (κ2) is 6.31. The van der Waals surface area contributed by atoms with Crippen LogP contribution in [-0.4, -0.2) is 18.0 Å². The van der Waals surface area contributed by atoms with E-state index in [4.69, 9.17) is 5.73 Å². The Hall–Kier alpha value is -1.49. The Kier molecular flexibility index (Phi) is 5.22. The van der Waals surface area contributed by atoms with Crippen molar-refractivity contribution >= 4 is 5.91 Å². The lowest BCUT2D eigenvalue weighted by molar-refractivity contribution is -0.149. The van der Waals surface area contributed by atoms with Gasteiger partial charge in [-0.3, -0.25) is 4.79 Å². The minimum Gasteiger partial charge on any atom is -0.344 e. The van der Waals surface area contributed by atoms with E-state index in [0.717, 1.165) is 0 Å². The van der Waals surface area contributed by atoms with Crippen molar-refractivity contribution in [2.75, 3.05) is 6.54 Å². The van der Waals surface area contributed by atoms with E-state index in [9.17, 15) is 13.6 Å². The fourth-order valence-electron chi connectivity index (χ4n) is 2.22. The Morgan fingerprint density at radius 2 is 1.85 bits per heavy atom. The zero-order valence-electron chi connectivity index (χ0n) is 12.1. The van der Waals surface area contributed by atoms with Crippen LogP contribution in [0.5, 0.6) is 0 Å². The standard InChI is InChI=1S/C15H22F2N2O/c1-11(2)9-14(3,10-18)19-13(20)15(16,17)12-7-5-4-6-8-12/h4-8,11H,9-10,18H2,1-3H3,(H,19,20). The summed E-state index contributed by atoms with van der Waals surface area (Å²) in [6.07, 6.45) is 0.542. The van der Waals surface area contributed by atoms with Gasteiger partial charge in [-0.25, -0.2) is 0 Å². The summed E-state index contributed by atoms with van der Waals surface area (Å²) in [5.74, 6) is -4.62. The largest absolute Gasteiger partial charge is 0.349 e. The van der Waals surface area contributed by atoms with Gasteiger partial charge in [-0.15, -0.1) is 0 Å². The maximum absolute atomic E-state index is 14.1. The molecule has 3 N–H and O–H groups in total. The molecule has 1 aromatic carbocycles. The first kappa shape index (κ1) is 16.6. The molecule has 0 saturated heterocycles. The average Bonchev–Trinajstić information content (AvgIpc) is 2.38. The van der Waals surface area contributed by atoms with Crippen LogP contribution in [0.4, 0.5) is 8.78 Å². The number of alkyl halides is 2. The molecule has 0 aliphatic heterocycles. The molecule has 1 atom stereocenters. The number of nitrogens with two attached hydrogens (primary N) is 1. The van der Waals surface area contributed by atoms with Crippen molar-refractivity contribution < 1.29 is 13.6 Å². The van der Waals surface area contributed by atoms with Crippen LogP contribution >= 0.6 is 0 Å². The van der Waals surface area contributed by atoms with E-state index in [0.29, 0.717) is 6.42 Å². The molecule has 20 heavy (non-hydrogen) atoms. The van der Waals surface area contributed by atoms with Gasteiger partial charge in [0.2, 0.25) is 0 Å². The van der Waals surface area contributed by atoms with E-state index in [2.05, 4.69) is 5.32 Å². The molecule has 0 heterocycles. The molecule has 1 unspecified atom stereocenters. The predicted octanol–water partition coefficient (Wildman–Crippen LogP) is 2.66. The Balaban J connectivity index is 2.89. The van der Waals surface area contributed by atoms with E-state index in [1.54, 1.807) is 13.0 Å². The smallest absolute Gasteiger partial charge is 0.344 e. The molecule has 3 nitrogen and oxygen atoms in total. The van der Waals surface area contributed by atoms with Crippen molar-refractivity contribution in [3.63, 3.8) is 0 Å². The maximum atomic E-state index is 14.1. The number of amides is 1. The summed E-state index contributed by atoms with van der Waals surface area (Å²) in [6, 6.07) is 7.06. The van der Waals surface area contributed by atoms with E-state index < -0.39 is 17.4 Å². The van der Waals surface area contributed by atoms with Gasteiger partial charge >= 0.3 is 5.92 Å². The molecular formula is C15H22F2N2O. The third kappa shape index (κ3) is 4.00. The van der Waals surface area contributed by atoms with Crippen LogP contribution in [0.15, 0.2) is 30.3 Å². The van der Waals surface area contributed by atoms with Crippen LogP contribution in [0.1, 0.15) is 32.8 Å². The van der Waals surface area contributed by atoms with Gasteiger partial charge in [0, 0.05) is 17.6 Å². The lowest BCUT2D eigenvalue weighted by Gasteiger charge is -2.32. The van der Waals surface area contributed by atoms with Crippen molar-refractivity contribution in [3.05, 3.63) is 35.9 Å². The molecule has 0 aliphatic rings. The number of hydrogen-bond acceptors (Lipinski definition) is 2. The Bertz CT molecular complexity index is 448. The number of benzene rings is 1. The predicted molar refractivity (Wildman–Crippen MR) is 75.4 cm³/mol. The van der Waals surface area contributed by atoms with Crippen molar-refractivity contribution in [3.8, 4) is 0 Å². The summed E-state index contributed by atoms with van der Waals surface area (Å²) in [4.78, 5) is 11.9. The normalized spacial score (nSPS) is 14.9. The Morgan fingerprint density at radius 3 is 2.30 bits per heavy atom. The Labute approximate surface area is 118 Å². The molecule has 1 amide bonds. The number of nitrogens with one attached hydrogen (secondary N) is 1. The summed E-state index contributed by atoms with van der Waals surface area (Å²) in [6.45, 7) is 5.71. The first-order valence-corrected chi connectivity index (χ1v) is 6.67. The molecule has 0 spiro atoms. The van der Waals surface area contributed by atoms with Gasteiger partial charge in [0.1, 0.15) is 0 Å². The van der Waals surface area contributed by atoms with Crippen molar-refractivity contribution in [2.45, 2.75) is 38.7 Å². The lowest BCUT2D eigenvalue weighted by atomic mass is 9.90. The number of carbonyl (C=O) groups is 1. The topological polar surface area (TPSA) is 55.1 Å². The molecule has 1 aromatic rings. The molecule has 0 radical (unpaired) electrons. The third-order valence-electron chi connectivity index (χ3n) is 3.15. The highest BCUT2D eigenvalue weighted by atomic mass is 19.3. The van der Waals surface area contributed by atoms with Crippen LogP contribution in [0.2, 0.25) is 0 Å². The highest BCUT2D eigenvalue weighted by Crippen LogP contribution is 2.29. The summed E-state index contributed by atoms with van der Waals surface area (Å²) in [5.41, 5.74) is 4.48. The first-order valence-electron chi connectivity index (χ1n) is 6.67. The van der Waals surface area contributed by atoms with Gasteiger partial charge in [0.15, 0.2) is 0 Å². The highest BCUT2D eigenvalue weighted by molar-refractivity contribution is 5.85. The summed E-state index contributed by atoms with van der Waals surface area (Å²) in [5, 5.41) is 2.40. The SMILES string of the molecule is CC(C)CC(C)(CN)NC(=O)C(F)(F)c1ccccc1. The minimum atomic E-state index is -3.56. The van der Waals surface area contributed by atoms with Gasteiger partial charge in [0.05, 0.1) is 0 Å². The number of halogens is 2. The van der Waals surface area contributed by atoms with Gasteiger partial charge in [0.25, 0.3) is 5.91 Å². The lowest BCUT2D eigenvalue weighted by Crippen LogP contribution is -2.55. The fraction of sp³-hybridized carbons (Fsp3) is 0.533. The average molecular weight is 284 g/mol. The van der Waals surface area contributed by atoms with Gasteiger partial charge < -0.3 is 11.1 Å². The molecule has 0 bridgehead atoms. The summed E-state index contributed by atoms with van der Waals surface area (Å²) >= 11 is 0. The van der Waals surface area contributed by atoms with Crippen molar-refractivity contribution in [2.24, 2.45) is 11.7 Å². The first-order chi connectivity index (χ1) is 9.21. The second-order valence-electron chi connectivity index (χ2n) is 5.76. The van der Waals surface area contributed by atoms with Crippen molar-refractivity contribution in [1.82, 2.24) is 5.32 Å². The second-order valence-corrected chi connectivity index (χ2v) is 5.76. The third-order valence-corrected chi connectivity index (χ3v) is 3.15. The molecule has 112 valence electrons. The fourth-order valence-corrected chi connectivity index (χ4v) is 2.22. The summed E-state index contributed by atoms with van der Waals surface area (Å²) in [7, 11) is 0. The molecule has 0 saturated carbocycles. The minimum absolute atomic E-state index is 0.113. The molecule has 0 aliphatic carbocycles. The van der Waals surface area contributed by atoms with Crippen LogP contribution in [0, 0.1) is 5.92 Å².